The molecule has 0 heterocycles. The number of ketones is 2. The number of carbonyl (C=O) groups is 2. The monoisotopic (exact) mass is 229 g/mol. The van der Waals surface area contributed by atoms with Crippen molar-refractivity contribution in [1.29, 1.82) is 0 Å². The van der Waals surface area contributed by atoms with Crippen molar-refractivity contribution < 1.29 is 14.5 Å². The highest BCUT2D eigenvalue weighted by Gasteiger charge is 2.40. The first-order valence-corrected chi connectivity index (χ1v) is 5.20. The molecule has 0 rings (SSSR count). The van der Waals surface area contributed by atoms with Gasteiger partial charge in [-0.2, -0.15) is 0 Å². The van der Waals surface area contributed by atoms with Crippen molar-refractivity contribution in [3.8, 4) is 0 Å². The molecule has 16 heavy (non-hydrogen) atoms. The van der Waals surface area contributed by atoms with Gasteiger partial charge >= 0.3 is 0 Å². The maximum atomic E-state index is 11.4. The molecular formula is C11H19NO4. The lowest BCUT2D eigenvalue weighted by atomic mass is 9.70. The van der Waals surface area contributed by atoms with Crippen LogP contribution in [-0.2, 0) is 9.59 Å². The highest BCUT2D eigenvalue weighted by Crippen LogP contribution is 2.33. The van der Waals surface area contributed by atoms with Crippen molar-refractivity contribution in [3.63, 3.8) is 0 Å². The summed E-state index contributed by atoms with van der Waals surface area (Å²) < 4.78 is 0. The van der Waals surface area contributed by atoms with E-state index in [0.717, 1.165) is 0 Å². The van der Waals surface area contributed by atoms with E-state index in [1.54, 1.807) is 20.8 Å². The summed E-state index contributed by atoms with van der Waals surface area (Å²) in [5, 5.41) is 10.6. The van der Waals surface area contributed by atoms with Crippen LogP contribution in [0.25, 0.3) is 0 Å². The summed E-state index contributed by atoms with van der Waals surface area (Å²) in [6.07, 6.45) is 0. The molecule has 0 spiro atoms. The molecule has 0 aliphatic heterocycles. The minimum Gasteiger partial charge on any atom is -0.299 e. The standard InChI is InChI=1S/C11H19NO4/c1-7(13)10(8(2)14)9(6-12(15)16)11(3,4)5/h9-10H,6H2,1-5H3/t9-/m0/s1. The fraction of sp³-hybridized carbons (Fsp3) is 0.818. The van der Waals surface area contributed by atoms with Crippen molar-refractivity contribution in [2.75, 3.05) is 6.54 Å². The predicted molar refractivity (Wildman–Crippen MR) is 59.7 cm³/mol. The van der Waals surface area contributed by atoms with Gasteiger partial charge in [-0.3, -0.25) is 19.7 Å². The molecule has 0 saturated carbocycles. The highest BCUT2D eigenvalue weighted by atomic mass is 16.6. The SMILES string of the molecule is CC(=O)C(C(C)=O)[C@H](C[N+](=O)[O-])C(C)(C)C. The molecule has 0 radical (unpaired) electrons. The van der Waals surface area contributed by atoms with Crippen LogP contribution in [-0.4, -0.2) is 23.0 Å². The van der Waals surface area contributed by atoms with Crippen molar-refractivity contribution in [3.05, 3.63) is 10.1 Å². The maximum Gasteiger partial charge on any atom is 0.208 e. The molecule has 0 unspecified atom stereocenters. The van der Waals surface area contributed by atoms with Crippen LogP contribution < -0.4 is 0 Å². The first kappa shape index (κ1) is 14.7. The van der Waals surface area contributed by atoms with Gasteiger partial charge < -0.3 is 0 Å². The second kappa shape index (κ2) is 5.18. The smallest absolute Gasteiger partial charge is 0.208 e. The lowest BCUT2D eigenvalue weighted by Gasteiger charge is -2.31. The van der Waals surface area contributed by atoms with E-state index in [-0.39, 0.29) is 18.1 Å². The van der Waals surface area contributed by atoms with Gasteiger partial charge in [0.05, 0.1) is 5.92 Å². The van der Waals surface area contributed by atoms with Crippen molar-refractivity contribution in [2.24, 2.45) is 17.3 Å². The van der Waals surface area contributed by atoms with Gasteiger partial charge in [0.15, 0.2) is 0 Å². The van der Waals surface area contributed by atoms with Gasteiger partial charge in [0.2, 0.25) is 6.54 Å². The van der Waals surface area contributed by atoms with E-state index in [1.165, 1.54) is 13.8 Å². The average Bonchev–Trinajstić information content (AvgIpc) is 1.98. The Bertz CT molecular complexity index is 290. The minimum atomic E-state index is -0.870. The predicted octanol–water partition coefficient (Wildman–Crippen LogP) is 1.72. The van der Waals surface area contributed by atoms with Crippen molar-refractivity contribution in [1.82, 2.24) is 0 Å². The first-order valence-electron chi connectivity index (χ1n) is 5.20. The number of hydrogen-bond acceptors (Lipinski definition) is 4. The minimum absolute atomic E-state index is 0.297. The Morgan fingerprint density at radius 2 is 1.56 bits per heavy atom. The third-order valence-electron chi connectivity index (χ3n) is 2.74. The van der Waals surface area contributed by atoms with Crippen LogP contribution in [0.4, 0.5) is 0 Å². The molecule has 0 aliphatic carbocycles. The molecule has 5 nitrogen and oxygen atoms in total. The third-order valence-corrected chi connectivity index (χ3v) is 2.74. The van der Waals surface area contributed by atoms with Crippen LogP contribution in [0.5, 0.6) is 0 Å². The highest BCUT2D eigenvalue weighted by molar-refractivity contribution is 6.00. The average molecular weight is 229 g/mol. The topological polar surface area (TPSA) is 77.3 Å². The zero-order chi connectivity index (χ0) is 13.1. The fourth-order valence-electron chi connectivity index (χ4n) is 1.89. The second-order valence-electron chi connectivity index (χ2n) is 5.19. The van der Waals surface area contributed by atoms with Gasteiger partial charge in [0.25, 0.3) is 0 Å². The van der Waals surface area contributed by atoms with E-state index in [1.807, 2.05) is 0 Å². The zero-order valence-corrected chi connectivity index (χ0v) is 10.4. The Hall–Kier alpha value is -1.26. The number of Topliss-reactive ketones (excluding diaryl/α,β-unsaturated/α-hetero) is 2. The van der Waals surface area contributed by atoms with Crippen LogP contribution >= 0.6 is 0 Å². The molecule has 0 bridgehead atoms. The van der Waals surface area contributed by atoms with Crippen LogP contribution in [0.15, 0.2) is 0 Å². The van der Waals surface area contributed by atoms with E-state index in [0.29, 0.717) is 0 Å². The summed E-state index contributed by atoms with van der Waals surface area (Å²) >= 11 is 0. The number of carbonyl (C=O) groups excluding carboxylic acids is 2. The van der Waals surface area contributed by atoms with Crippen LogP contribution in [0.1, 0.15) is 34.6 Å². The Balaban J connectivity index is 5.21. The number of nitrogens with zero attached hydrogens (tertiary/aromatic N) is 1. The van der Waals surface area contributed by atoms with Gasteiger partial charge in [0, 0.05) is 10.8 Å². The summed E-state index contributed by atoms with van der Waals surface area (Å²) in [7, 11) is 0. The zero-order valence-electron chi connectivity index (χ0n) is 10.4. The normalized spacial score (nSPS) is 13.6. The van der Waals surface area contributed by atoms with Crippen molar-refractivity contribution >= 4 is 11.6 Å². The lowest BCUT2D eigenvalue weighted by molar-refractivity contribution is -0.492. The van der Waals surface area contributed by atoms with Crippen LogP contribution in [0, 0.1) is 27.4 Å². The Morgan fingerprint density at radius 1 is 1.19 bits per heavy atom. The summed E-state index contributed by atoms with van der Waals surface area (Å²) in [5.41, 5.74) is -0.449. The molecular weight excluding hydrogens is 210 g/mol. The summed E-state index contributed by atoms with van der Waals surface area (Å²) in [5.74, 6) is -2.02. The van der Waals surface area contributed by atoms with Gasteiger partial charge in [0.1, 0.15) is 11.6 Å². The van der Waals surface area contributed by atoms with E-state index in [4.69, 9.17) is 0 Å². The molecule has 0 N–H and O–H groups in total. The van der Waals surface area contributed by atoms with Crippen molar-refractivity contribution in [2.45, 2.75) is 34.6 Å². The summed E-state index contributed by atoms with van der Waals surface area (Å²) in [4.78, 5) is 32.9. The fourth-order valence-corrected chi connectivity index (χ4v) is 1.89. The van der Waals surface area contributed by atoms with Gasteiger partial charge in [-0.25, -0.2) is 0 Å². The molecule has 0 saturated heterocycles. The van der Waals surface area contributed by atoms with E-state index < -0.39 is 22.2 Å². The first-order chi connectivity index (χ1) is 7.07. The summed E-state index contributed by atoms with van der Waals surface area (Å²) in [6, 6.07) is 0. The quantitative estimate of drug-likeness (QED) is 0.408. The molecule has 0 aliphatic rings. The van der Waals surface area contributed by atoms with E-state index >= 15 is 0 Å². The molecule has 92 valence electrons. The van der Waals surface area contributed by atoms with Gasteiger partial charge in [-0.05, 0) is 19.3 Å². The van der Waals surface area contributed by atoms with Crippen LogP contribution in [0.3, 0.4) is 0 Å². The van der Waals surface area contributed by atoms with E-state index in [2.05, 4.69) is 0 Å². The number of rotatable bonds is 5. The Kier molecular flexibility index (Phi) is 4.78. The largest absolute Gasteiger partial charge is 0.299 e. The van der Waals surface area contributed by atoms with Crippen LogP contribution in [0.2, 0.25) is 0 Å². The maximum absolute atomic E-state index is 11.4. The molecule has 0 aromatic heterocycles. The molecule has 0 aromatic rings. The molecule has 0 aromatic carbocycles. The number of hydrogen-bond donors (Lipinski definition) is 0. The molecule has 0 fully saturated rings. The van der Waals surface area contributed by atoms with Gasteiger partial charge in [-0.1, -0.05) is 20.8 Å². The Morgan fingerprint density at radius 3 is 1.75 bits per heavy atom. The lowest BCUT2D eigenvalue weighted by Crippen LogP contribution is -2.40. The van der Waals surface area contributed by atoms with E-state index in [9.17, 15) is 19.7 Å². The third kappa shape index (κ3) is 4.08. The molecule has 0 amide bonds. The Labute approximate surface area is 95.4 Å². The number of nitro groups is 1. The summed E-state index contributed by atoms with van der Waals surface area (Å²) in [6.45, 7) is 7.68. The second-order valence-corrected chi connectivity index (χ2v) is 5.19. The molecule has 5 heteroatoms. The van der Waals surface area contributed by atoms with Gasteiger partial charge in [-0.15, -0.1) is 0 Å². The molecule has 1 atom stereocenters.